The second kappa shape index (κ2) is 9.62. The van der Waals surface area contributed by atoms with Crippen molar-refractivity contribution in [1.29, 1.82) is 0 Å². The third-order valence-corrected chi connectivity index (χ3v) is 4.73. The Hall–Kier alpha value is -1.01. The summed E-state index contributed by atoms with van der Waals surface area (Å²) in [5, 5.41) is 0.105. The smallest absolute Gasteiger partial charge is 0.355 e. The second-order valence-corrected chi connectivity index (χ2v) is 6.80. The molecule has 2 heterocycles. The SMILES string of the molecule is CC.CCC(C)CN.FC(F)(F)c1ccc(Cl)nc1N1CC2CC2C1. The molecule has 0 amide bonds. The van der Waals surface area contributed by atoms with Crippen LogP contribution in [0.3, 0.4) is 0 Å². The van der Waals surface area contributed by atoms with Gasteiger partial charge in [-0.15, -0.1) is 0 Å². The van der Waals surface area contributed by atoms with Crippen LogP contribution in [0.2, 0.25) is 5.15 Å². The first kappa shape index (κ1) is 22.0. The zero-order valence-electron chi connectivity index (χ0n) is 15.4. The highest BCUT2D eigenvalue weighted by molar-refractivity contribution is 6.29. The van der Waals surface area contributed by atoms with Gasteiger partial charge < -0.3 is 10.6 Å². The van der Waals surface area contributed by atoms with Crippen LogP contribution in [0, 0.1) is 17.8 Å². The number of pyridine rings is 1. The standard InChI is InChI=1S/C11H10ClF3N2.C5H13N.C2H6/c12-9-2-1-8(11(13,14)15)10(16-9)17-4-6-3-7(6)5-17;1-3-5(2)4-6;1-2/h1-2,6-7H,3-5H2;5H,3-4,6H2,1-2H3;1-2H3. The molecule has 3 rings (SSSR count). The summed E-state index contributed by atoms with van der Waals surface area (Å²) in [6, 6.07) is 2.19. The zero-order valence-corrected chi connectivity index (χ0v) is 16.2. The number of nitrogens with zero attached hydrogens (tertiary/aromatic N) is 2. The Balaban J connectivity index is 0.000000335. The molecule has 2 N–H and O–H groups in total. The number of alkyl halides is 3. The van der Waals surface area contributed by atoms with Crippen LogP contribution in [0.4, 0.5) is 19.0 Å². The molecule has 1 saturated carbocycles. The minimum Gasteiger partial charge on any atom is -0.355 e. The molecule has 0 bridgehead atoms. The summed E-state index contributed by atoms with van der Waals surface area (Å²) in [5.74, 6) is 1.80. The number of nitrogens with two attached hydrogens (primary N) is 1. The summed E-state index contributed by atoms with van der Waals surface area (Å²) >= 11 is 5.69. The van der Waals surface area contributed by atoms with Crippen LogP contribution in [0.15, 0.2) is 12.1 Å². The number of piperidine rings is 1. The van der Waals surface area contributed by atoms with Crippen LogP contribution in [-0.4, -0.2) is 24.6 Å². The maximum absolute atomic E-state index is 12.8. The van der Waals surface area contributed by atoms with Gasteiger partial charge in [-0.3, -0.25) is 0 Å². The van der Waals surface area contributed by atoms with Crippen molar-refractivity contribution < 1.29 is 13.2 Å². The summed E-state index contributed by atoms with van der Waals surface area (Å²) in [4.78, 5) is 5.55. The monoisotopic (exact) mass is 379 g/mol. The van der Waals surface area contributed by atoms with Crippen LogP contribution in [0.5, 0.6) is 0 Å². The largest absolute Gasteiger partial charge is 0.419 e. The minimum absolute atomic E-state index is 0.0165. The number of anilines is 1. The Morgan fingerprint density at radius 3 is 2.24 bits per heavy atom. The lowest BCUT2D eigenvalue weighted by atomic mass is 10.1. The van der Waals surface area contributed by atoms with E-state index in [4.69, 9.17) is 17.3 Å². The Labute approximate surface area is 153 Å². The highest BCUT2D eigenvalue weighted by Crippen LogP contribution is 2.48. The van der Waals surface area contributed by atoms with Crippen LogP contribution in [-0.2, 0) is 6.18 Å². The van der Waals surface area contributed by atoms with E-state index in [1.807, 2.05) is 13.8 Å². The number of fused-ring (bicyclic) bond motifs is 1. The molecule has 2 aliphatic rings. The molecule has 3 unspecified atom stereocenters. The summed E-state index contributed by atoms with van der Waals surface area (Å²) in [5.41, 5.74) is 4.59. The lowest BCUT2D eigenvalue weighted by molar-refractivity contribution is -0.137. The maximum Gasteiger partial charge on any atom is 0.419 e. The van der Waals surface area contributed by atoms with Gasteiger partial charge in [0.2, 0.25) is 0 Å². The summed E-state index contributed by atoms with van der Waals surface area (Å²) in [6.45, 7) is 10.5. The normalized spacial score (nSPS) is 22.2. The fourth-order valence-corrected chi connectivity index (χ4v) is 2.77. The molecule has 2 fully saturated rings. The molecule has 1 aliphatic carbocycles. The molecule has 1 aromatic heterocycles. The van der Waals surface area contributed by atoms with Crippen LogP contribution >= 0.6 is 11.6 Å². The molecule has 0 aromatic carbocycles. The molecule has 0 radical (unpaired) electrons. The third kappa shape index (κ3) is 6.33. The first-order valence-corrected chi connectivity index (χ1v) is 9.32. The molecule has 3 nitrogen and oxygen atoms in total. The minimum atomic E-state index is -4.38. The van der Waals surface area contributed by atoms with Crippen molar-refractivity contribution in [2.45, 2.75) is 46.7 Å². The van der Waals surface area contributed by atoms with Crippen molar-refractivity contribution in [3.63, 3.8) is 0 Å². The van der Waals surface area contributed by atoms with Crippen molar-refractivity contribution in [3.05, 3.63) is 22.8 Å². The predicted molar refractivity (Wildman–Crippen MR) is 97.9 cm³/mol. The lowest BCUT2D eigenvalue weighted by Gasteiger charge is -2.23. The molecule has 0 spiro atoms. The maximum atomic E-state index is 12.8. The van der Waals surface area contributed by atoms with E-state index in [0.717, 1.165) is 19.0 Å². The van der Waals surface area contributed by atoms with E-state index < -0.39 is 11.7 Å². The molecule has 1 aromatic rings. The third-order valence-electron chi connectivity index (χ3n) is 4.52. The van der Waals surface area contributed by atoms with Gasteiger partial charge >= 0.3 is 6.18 Å². The Morgan fingerprint density at radius 2 is 1.84 bits per heavy atom. The summed E-state index contributed by atoms with van der Waals surface area (Å²) < 4.78 is 38.5. The fourth-order valence-electron chi connectivity index (χ4n) is 2.63. The highest BCUT2D eigenvalue weighted by Gasteiger charge is 2.47. The molecular formula is C18H29ClF3N3. The van der Waals surface area contributed by atoms with E-state index in [1.54, 1.807) is 4.90 Å². The molecule has 7 heteroatoms. The van der Waals surface area contributed by atoms with Gasteiger partial charge in [0, 0.05) is 13.1 Å². The van der Waals surface area contributed by atoms with Gasteiger partial charge in [0.1, 0.15) is 11.0 Å². The molecule has 1 saturated heterocycles. The highest BCUT2D eigenvalue weighted by atomic mass is 35.5. The number of halogens is 4. The van der Waals surface area contributed by atoms with E-state index in [0.29, 0.717) is 30.8 Å². The first-order chi connectivity index (χ1) is 11.8. The summed E-state index contributed by atoms with van der Waals surface area (Å²) in [6.07, 6.45) is -2.03. The van der Waals surface area contributed by atoms with E-state index in [9.17, 15) is 13.2 Å². The van der Waals surface area contributed by atoms with Crippen molar-refractivity contribution in [2.24, 2.45) is 23.5 Å². The second-order valence-electron chi connectivity index (χ2n) is 6.41. The van der Waals surface area contributed by atoms with Gasteiger partial charge in [0.15, 0.2) is 0 Å². The predicted octanol–water partition coefficient (Wildman–Crippen LogP) is 5.23. The fraction of sp³-hybridized carbons (Fsp3) is 0.722. The molecule has 25 heavy (non-hydrogen) atoms. The quantitative estimate of drug-likeness (QED) is 0.731. The number of aromatic nitrogens is 1. The first-order valence-electron chi connectivity index (χ1n) is 8.95. The van der Waals surface area contributed by atoms with Crippen molar-refractivity contribution in [1.82, 2.24) is 4.98 Å². The van der Waals surface area contributed by atoms with Crippen molar-refractivity contribution in [3.8, 4) is 0 Å². The zero-order chi connectivity index (χ0) is 19.2. The Kier molecular flexibility index (Phi) is 8.48. The number of rotatable bonds is 3. The van der Waals surface area contributed by atoms with Gasteiger partial charge in [0.25, 0.3) is 0 Å². The van der Waals surface area contributed by atoms with E-state index in [1.165, 1.54) is 12.5 Å². The van der Waals surface area contributed by atoms with Gasteiger partial charge in [-0.05, 0) is 42.9 Å². The van der Waals surface area contributed by atoms with Gasteiger partial charge in [-0.1, -0.05) is 45.7 Å². The summed E-state index contributed by atoms with van der Waals surface area (Å²) in [7, 11) is 0. The average Bonchev–Trinajstić information content (AvgIpc) is 3.21. The van der Waals surface area contributed by atoms with E-state index >= 15 is 0 Å². The van der Waals surface area contributed by atoms with Gasteiger partial charge in [0.05, 0.1) is 5.56 Å². The average molecular weight is 380 g/mol. The van der Waals surface area contributed by atoms with Crippen molar-refractivity contribution >= 4 is 17.4 Å². The van der Waals surface area contributed by atoms with E-state index in [2.05, 4.69) is 18.8 Å². The van der Waals surface area contributed by atoms with Crippen molar-refractivity contribution in [2.75, 3.05) is 24.5 Å². The van der Waals surface area contributed by atoms with Crippen LogP contribution in [0.25, 0.3) is 0 Å². The van der Waals surface area contributed by atoms with Crippen LogP contribution in [0.1, 0.15) is 46.1 Å². The Morgan fingerprint density at radius 1 is 1.28 bits per heavy atom. The van der Waals surface area contributed by atoms with Crippen LogP contribution < -0.4 is 10.6 Å². The van der Waals surface area contributed by atoms with Gasteiger partial charge in [-0.25, -0.2) is 4.98 Å². The number of hydrogen-bond donors (Lipinski definition) is 1. The molecular weight excluding hydrogens is 351 g/mol. The topological polar surface area (TPSA) is 42.1 Å². The number of hydrogen-bond acceptors (Lipinski definition) is 3. The lowest BCUT2D eigenvalue weighted by Crippen LogP contribution is -2.26. The molecule has 1 aliphatic heterocycles. The molecule has 3 atom stereocenters. The van der Waals surface area contributed by atoms with E-state index in [-0.39, 0.29) is 11.0 Å². The van der Waals surface area contributed by atoms with Gasteiger partial charge in [-0.2, -0.15) is 13.2 Å². The molecule has 144 valence electrons. The Bertz CT molecular complexity index is 523.